The van der Waals surface area contributed by atoms with Crippen molar-refractivity contribution in [2.24, 2.45) is 5.10 Å². The summed E-state index contributed by atoms with van der Waals surface area (Å²) in [5.74, 6) is -4.77. The van der Waals surface area contributed by atoms with Gasteiger partial charge in [0.2, 0.25) is 11.8 Å². The minimum atomic E-state index is -5.04. The zero-order chi connectivity index (χ0) is 43.9. The summed E-state index contributed by atoms with van der Waals surface area (Å²) in [6, 6.07) is 6.00. The molecule has 0 aliphatic carbocycles. The second-order valence-corrected chi connectivity index (χ2v) is 15.8. The Morgan fingerprint density at radius 3 is 2.10 bits per heavy atom. The Labute approximate surface area is 345 Å². The summed E-state index contributed by atoms with van der Waals surface area (Å²) in [7, 11) is -8.87. The first-order valence-corrected chi connectivity index (χ1v) is 20.4. The second kappa shape index (κ2) is 19.0. The lowest BCUT2D eigenvalue weighted by atomic mass is 10.1. The zero-order valence-corrected chi connectivity index (χ0v) is 33.2. The van der Waals surface area contributed by atoms with Crippen LogP contribution >= 0.6 is 24.1 Å². The maximum Gasteiger partial charge on any atom is 0.373 e. The van der Waals surface area contributed by atoms with Crippen LogP contribution in [0.25, 0.3) is 11.8 Å². The molecule has 2 aromatic carbocycles. The molecule has 5 rings (SSSR count). The van der Waals surface area contributed by atoms with Crippen LogP contribution in [0.2, 0.25) is 0 Å². The van der Waals surface area contributed by atoms with E-state index in [4.69, 9.17) is 16.9 Å². The number of hydrogen-bond acceptors (Lipinski definition) is 20. The van der Waals surface area contributed by atoms with Gasteiger partial charge in [-0.1, -0.05) is 16.5 Å². The molecule has 0 spiro atoms. The van der Waals surface area contributed by atoms with E-state index in [1.54, 1.807) is 6.11 Å². The molecule has 3 heterocycles. The van der Waals surface area contributed by atoms with Gasteiger partial charge in [0.15, 0.2) is 11.4 Å². The zero-order valence-electron chi connectivity index (χ0n) is 29.9. The number of aromatic hydroxyl groups is 1. The van der Waals surface area contributed by atoms with E-state index in [1.807, 2.05) is 0 Å². The summed E-state index contributed by atoms with van der Waals surface area (Å²) in [4.78, 5) is 52.5. The standard InChI is InChI=1S/C32H26N6O18S4/c1-3-52-32(43)28-21(31(42)38(35-28)23-16-19(58-56-54-45)9-13-25(23)60(49,50)51)11-7-17(36-14-4-5-26(36)39)6-10-20-27(29(40)33-2)34-37(30(20)41)22-15-18(57-55-53-44)8-12-24(22)59(46,47)48/h1,6-13,15-16,42,44-45H,4-5,14H2,2H3,(H,33,40)(H,46,47,48)(H,49,50,51)/b11-7+,17-6+,20-10-. The molecule has 60 heavy (non-hydrogen) atoms. The van der Waals surface area contributed by atoms with Crippen LogP contribution in [0.1, 0.15) is 28.9 Å². The van der Waals surface area contributed by atoms with E-state index in [-0.39, 0.29) is 28.5 Å². The fraction of sp³-hybridized carbons (Fsp3) is 0.125. The molecular weight excluding hydrogens is 885 g/mol. The van der Waals surface area contributed by atoms with Crippen molar-refractivity contribution in [3.8, 4) is 24.1 Å². The SMILES string of the molecule is C#COC(=O)c1nn(-c2cc(SOOO)ccc2S(=O)(=O)O)c(O)c1/C=C/C(=C\C=C1/C(=O)N(c2cc(SOOO)ccc2S(=O)(=O)O)N=C1C(=O)NC)N1CCCC1=O. The van der Waals surface area contributed by atoms with E-state index >= 15 is 0 Å². The molecule has 316 valence electrons. The third-order valence-corrected chi connectivity index (χ3v) is 10.9. The van der Waals surface area contributed by atoms with Gasteiger partial charge in [0.25, 0.3) is 32.1 Å². The van der Waals surface area contributed by atoms with Gasteiger partial charge in [0.1, 0.15) is 15.9 Å². The molecule has 0 unspecified atom stereocenters. The summed E-state index contributed by atoms with van der Waals surface area (Å²) in [5, 5.41) is 46.3. The van der Waals surface area contributed by atoms with Crippen LogP contribution in [0, 0.1) is 12.5 Å². The minimum Gasteiger partial charge on any atom is -0.493 e. The van der Waals surface area contributed by atoms with Crippen LogP contribution in [0.5, 0.6) is 5.88 Å². The number of carbonyl (C=O) groups is 4. The fourth-order valence-electron chi connectivity index (χ4n) is 5.48. The van der Waals surface area contributed by atoms with E-state index in [9.17, 15) is 50.2 Å². The van der Waals surface area contributed by atoms with Crippen LogP contribution in [0.15, 0.2) is 90.6 Å². The number of terminal acetylenes is 1. The summed E-state index contributed by atoms with van der Waals surface area (Å²) < 4.78 is 82.9. The number of ether oxygens (including phenoxy) is 1. The Morgan fingerprint density at radius 1 is 0.967 bits per heavy atom. The van der Waals surface area contributed by atoms with E-state index in [1.165, 1.54) is 18.0 Å². The molecule has 1 aromatic heterocycles. The summed E-state index contributed by atoms with van der Waals surface area (Å²) >= 11 is 0.728. The maximum absolute atomic E-state index is 13.9. The van der Waals surface area contributed by atoms with Crippen molar-refractivity contribution < 1.29 is 84.2 Å². The number of carbonyl (C=O) groups excluding carboxylic acids is 4. The molecule has 0 atom stereocenters. The van der Waals surface area contributed by atoms with Gasteiger partial charge >= 0.3 is 5.97 Å². The lowest BCUT2D eigenvalue weighted by molar-refractivity contribution is -0.432. The highest BCUT2D eigenvalue weighted by Crippen LogP contribution is 2.36. The average molecular weight is 911 g/mol. The van der Waals surface area contributed by atoms with Crippen LogP contribution in [0.3, 0.4) is 0 Å². The highest BCUT2D eigenvalue weighted by Gasteiger charge is 2.37. The normalized spacial score (nSPS) is 15.6. The van der Waals surface area contributed by atoms with Crippen molar-refractivity contribution in [3.05, 3.63) is 77.2 Å². The first-order chi connectivity index (χ1) is 28.4. The maximum atomic E-state index is 13.9. The molecule has 1 saturated heterocycles. The van der Waals surface area contributed by atoms with E-state index in [0.717, 1.165) is 54.6 Å². The number of hydrazone groups is 1. The van der Waals surface area contributed by atoms with Gasteiger partial charge in [-0.05, 0) is 67.1 Å². The van der Waals surface area contributed by atoms with Crippen molar-refractivity contribution in [1.82, 2.24) is 20.0 Å². The molecule has 6 N–H and O–H groups in total. The van der Waals surface area contributed by atoms with Crippen LogP contribution in [-0.2, 0) is 58.1 Å². The minimum absolute atomic E-state index is 0.0165. The van der Waals surface area contributed by atoms with Gasteiger partial charge in [-0.15, -0.1) is 8.67 Å². The number of benzene rings is 2. The molecule has 0 radical (unpaired) electrons. The van der Waals surface area contributed by atoms with Gasteiger partial charge in [-0.3, -0.25) is 23.5 Å². The highest BCUT2D eigenvalue weighted by atomic mass is 32.2. The molecule has 0 bridgehead atoms. The first kappa shape index (κ1) is 45.1. The Bertz CT molecular complexity index is 2650. The molecular formula is C32H26N6O18S4. The van der Waals surface area contributed by atoms with Crippen molar-refractivity contribution in [2.45, 2.75) is 32.4 Å². The fourth-order valence-corrected chi connectivity index (χ4v) is 7.56. The number of allylic oxidation sites excluding steroid dienone is 3. The van der Waals surface area contributed by atoms with E-state index in [2.05, 4.69) is 39.0 Å². The van der Waals surface area contributed by atoms with Crippen LogP contribution in [0.4, 0.5) is 5.69 Å². The Balaban J connectivity index is 1.67. The number of anilines is 1. The average Bonchev–Trinajstić information content (AvgIpc) is 3.89. The van der Waals surface area contributed by atoms with Crippen LogP contribution < -0.4 is 10.3 Å². The molecule has 3 aromatic rings. The van der Waals surface area contributed by atoms with Gasteiger partial charge in [0.05, 0.1) is 46.6 Å². The third kappa shape index (κ3) is 9.90. The monoisotopic (exact) mass is 910 g/mol. The topological polar surface area (TPSA) is 333 Å². The number of likely N-dealkylation sites (tertiary alicyclic amines) is 1. The van der Waals surface area contributed by atoms with E-state index in [0.29, 0.717) is 40.2 Å². The number of aromatic nitrogens is 2. The number of esters is 1. The number of amides is 3. The largest absolute Gasteiger partial charge is 0.493 e. The Hall–Kier alpha value is -5.94. The number of nitrogens with one attached hydrogen (secondary N) is 1. The summed E-state index contributed by atoms with van der Waals surface area (Å²) in [6.07, 6.45) is 11.6. The number of rotatable bonds is 16. The van der Waals surface area contributed by atoms with Gasteiger partial charge in [0, 0.05) is 35.5 Å². The predicted octanol–water partition coefficient (Wildman–Crippen LogP) is 2.27. The molecule has 3 amide bonds. The Morgan fingerprint density at radius 2 is 1.57 bits per heavy atom. The second-order valence-electron chi connectivity index (χ2n) is 11.5. The highest BCUT2D eigenvalue weighted by molar-refractivity contribution is 7.94. The van der Waals surface area contributed by atoms with Gasteiger partial charge in [-0.25, -0.2) is 15.3 Å². The number of hydrogen-bond donors (Lipinski definition) is 6. The smallest absolute Gasteiger partial charge is 0.373 e. The molecule has 2 aliphatic rings. The van der Waals surface area contributed by atoms with Gasteiger partial charge in [-0.2, -0.15) is 36.7 Å². The van der Waals surface area contributed by atoms with Gasteiger partial charge < -0.3 is 20.1 Å². The third-order valence-electron chi connectivity index (χ3n) is 7.98. The lowest BCUT2D eigenvalue weighted by Crippen LogP contribution is -2.29. The quantitative estimate of drug-likeness (QED) is 0.0175. The lowest BCUT2D eigenvalue weighted by Gasteiger charge is -2.17. The predicted molar refractivity (Wildman–Crippen MR) is 202 cm³/mol. The molecule has 0 saturated carbocycles. The summed E-state index contributed by atoms with van der Waals surface area (Å²) in [5.41, 5.74) is -3.42. The van der Waals surface area contributed by atoms with Crippen molar-refractivity contribution in [3.63, 3.8) is 0 Å². The molecule has 24 nitrogen and oxygen atoms in total. The first-order valence-electron chi connectivity index (χ1n) is 16.0. The Kier molecular flexibility index (Phi) is 14.3. The van der Waals surface area contributed by atoms with E-state index < -0.39 is 93.5 Å². The molecule has 2 aliphatic heterocycles. The van der Waals surface area contributed by atoms with Crippen LogP contribution in [-0.4, -0.2) is 99.2 Å². The van der Waals surface area contributed by atoms with Crippen molar-refractivity contribution in [1.29, 1.82) is 0 Å². The molecule has 28 heteroatoms. The van der Waals surface area contributed by atoms with Crippen molar-refractivity contribution in [2.75, 3.05) is 18.6 Å². The number of nitrogens with zero attached hydrogens (tertiary/aromatic N) is 5. The molecule has 1 fully saturated rings. The van der Waals surface area contributed by atoms with Crippen molar-refractivity contribution >= 4 is 85.5 Å². The summed E-state index contributed by atoms with van der Waals surface area (Å²) in [6.45, 7) is 0.107.